The van der Waals surface area contributed by atoms with Gasteiger partial charge in [0.25, 0.3) is 0 Å². The molecule has 0 aromatic heterocycles. The summed E-state index contributed by atoms with van der Waals surface area (Å²) in [5.74, 6) is -0.748. The van der Waals surface area contributed by atoms with Crippen molar-refractivity contribution in [3.8, 4) is 0 Å². The van der Waals surface area contributed by atoms with Gasteiger partial charge in [-0.1, -0.05) is 13.0 Å². The van der Waals surface area contributed by atoms with Crippen LogP contribution in [-0.2, 0) is 4.79 Å². The maximum atomic E-state index is 11.7. The van der Waals surface area contributed by atoms with E-state index in [1.807, 2.05) is 6.92 Å². The minimum Gasteiger partial charge on any atom is -0.366 e. The summed E-state index contributed by atoms with van der Waals surface area (Å²) in [6, 6.07) is 6.57. The molecule has 5 heteroatoms. The first kappa shape index (κ1) is 13.2. The van der Waals surface area contributed by atoms with Crippen LogP contribution in [0.1, 0.15) is 17.3 Å². The molecule has 0 aliphatic heterocycles. The van der Waals surface area contributed by atoms with Crippen LogP contribution < -0.4 is 16.4 Å². The summed E-state index contributed by atoms with van der Waals surface area (Å²) in [5.41, 5.74) is 6.12. The van der Waals surface area contributed by atoms with Crippen molar-refractivity contribution in [3.63, 3.8) is 0 Å². The van der Waals surface area contributed by atoms with Crippen LogP contribution in [0.25, 0.3) is 0 Å². The van der Waals surface area contributed by atoms with Crippen LogP contribution in [0.5, 0.6) is 0 Å². The predicted molar refractivity (Wildman–Crippen MR) is 66.7 cm³/mol. The largest absolute Gasteiger partial charge is 0.366 e. The molecular weight excluding hydrogens is 218 g/mol. The Hall–Kier alpha value is -1.88. The van der Waals surface area contributed by atoms with Gasteiger partial charge in [0.15, 0.2) is 0 Å². The molecule has 1 rings (SSSR count). The quantitative estimate of drug-likeness (QED) is 0.698. The Bertz CT molecular complexity index is 418. The Balaban J connectivity index is 2.71. The number of anilines is 1. The molecule has 0 saturated carbocycles. The number of carbonyl (C=O) groups is 2. The highest BCUT2D eigenvalue weighted by molar-refractivity contribution is 5.96. The van der Waals surface area contributed by atoms with Gasteiger partial charge in [0.2, 0.25) is 11.8 Å². The summed E-state index contributed by atoms with van der Waals surface area (Å²) < 4.78 is 0. The zero-order valence-corrected chi connectivity index (χ0v) is 9.99. The van der Waals surface area contributed by atoms with Gasteiger partial charge >= 0.3 is 0 Å². The van der Waals surface area contributed by atoms with Crippen LogP contribution in [0, 0.1) is 5.92 Å². The van der Waals surface area contributed by atoms with Gasteiger partial charge in [-0.15, -0.1) is 0 Å². The normalized spacial score (nSPS) is 11.9. The van der Waals surface area contributed by atoms with E-state index >= 15 is 0 Å². The van der Waals surface area contributed by atoms with E-state index in [1.54, 1.807) is 31.3 Å². The average molecular weight is 235 g/mol. The second-order valence-corrected chi connectivity index (χ2v) is 3.89. The highest BCUT2D eigenvalue weighted by Crippen LogP contribution is 2.11. The van der Waals surface area contributed by atoms with Gasteiger partial charge in [0.1, 0.15) is 0 Å². The molecule has 2 amide bonds. The lowest BCUT2D eigenvalue weighted by molar-refractivity contribution is -0.119. The number of hydrogen-bond acceptors (Lipinski definition) is 3. The van der Waals surface area contributed by atoms with Gasteiger partial charge in [0, 0.05) is 23.7 Å². The summed E-state index contributed by atoms with van der Waals surface area (Å²) >= 11 is 0. The van der Waals surface area contributed by atoms with E-state index in [9.17, 15) is 9.59 Å². The highest BCUT2D eigenvalue weighted by atomic mass is 16.2. The molecule has 0 saturated heterocycles. The number of nitrogens with two attached hydrogens (primary N) is 1. The minimum atomic E-state index is -0.510. The highest BCUT2D eigenvalue weighted by Gasteiger charge is 2.12. The molecule has 1 atom stereocenters. The minimum absolute atomic E-state index is 0.0963. The molecule has 0 radical (unpaired) electrons. The maximum Gasteiger partial charge on any atom is 0.248 e. The fraction of sp³-hybridized carbons (Fsp3) is 0.333. The van der Waals surface area contributed by atoms with Crippen molar-refractivity contribution in [2.45, 2.75) is 6.92 Å². The molecule has 0 aliphatic carbocycles. The topological polar surface area (TPSA) is 84.2 Å². The van der Waals surface area contributed by atoms with Crippen LogP contribution in [0.4, 0.5) is 5.69 Å². The van der Waals surface area contributed by atoms with Gasteiger partial charge < -0.3 is 16.4 Å². The molecule has 0 aliphatic rings. The van der Waals surface area contributed by atoms with Crippen molar-refractivity contribution < 1.29 is 9.59 Å². The fourth-order valence-electron chi connectivity index (χ4n) is 1.41. The Labute approximate surface area is 100 Å². The lowest BCUT2D eigenvalue weighted by Gasteiger charge is -2.11. The van der Waals surface area contributed by atoms with Crippen LogP contribution >= 0.6 is 0 Å². The monoisotopic (exact) mass is 235 g/mol. The summed E-state index contributed by atoms with van der Waals surface area (Å²) in [4.78, 5) is 22.7. The van der Waals surface area contributed by atoms with Crippen molar-refractivity contribution in [1.82, 2.24) is 5.32 Å². The SMILES string of the molecule is CNCC(C)C(=O)Nc1cccc(C(N)=O)c1. The number of carbonyl (C=O) groups excluding carboxylic acids is 2. The zero-order valence-electron chi connectivity index (χ0n) is 9.99. The predicted octanol–water partition coefficient (Wildman–Crippen LogP) is 0.579. The maximum absolute atomic E-state index is 11.7. The van der Waals surface area contributed by atoms with E-state index in [-0.39, 0.29) is 11.8 Å². The third-order valence-electron chi connectivity index (χ3n) is 2.37. The molecule has 4 N–H and O–H groups in total. The van der Waals surface area contributed by atoms with Gasteiger partial charge in [-0.25, -0.2) is 0 Å². The molecule has 1 aromatic carbocycles. The van der Waals surface area contributed by atoms with E-state index in [4.69, 9.17) is 5.73 Å². The zero-order chi connectivity index (χ0) is 12.8. The van der Waals surface area contributed by atoms with Crippen molar-refractivity contribution in [2.24, 2.45) is 11.7 Å². The number of hydrogen-bond donors (Lipinski definition) is 3. The van der Waals surface area contributed by atoms with Crippen molar-refractivity contribution in [1.29, 1.82) is 0 Å². The van der Waals surface area contributed by atoms with E-state index < -0.39 is 5.91 Å². The molecular formula is C12H17N3O2. The van der Waals surface area contributed by atoms with Gasteiger partial charge in [-0.2, -0.15) is 0 Å². The molecule has 0 heterocycles. The smallest absolute Gasteiger partial charge is 0.248 e. The summed E-state index contributed by atoms with van der Waals surface area (Å²) in [6.07, 6.45) is 0. The first-order valence-corrected chi connectivity index (χ1v) is 5.40. The number of primary amides is 1. The molecule has 17 heavy (non-hydrogen) atoms. The first-order chi connectivity index (χ1) is 8.04. The average Bonchev–Trinajstić information content (AvgIpc) is 2.29. The molecule has 0 bridgehead atoms. The van der Waals surface area contributed by atoms with Gasteiger partial charge in [0.05, 0.1) is 0 Å². The van der Waals surface area contributed by atoms with Crippen LogP contribution in [0.15, 0.2) is 24.3 Å². The molecule has 1 aromatic rings. The Morgan fingerprint density at radius 1 is 1.41 bits per heavy atom. The Kier molecular flexibility index (Phi) is 4.66. The fourth-order valence-corrected chi connectivity index (χ4v) is 1.41. The number of nitrogens with one attached hydrogen (secondary N) is 2. The Morgan fingerprint density at radius 2 is 2.12 bits per heavy atom. The summed E-state index contributed by atoms with van der Waals surface area (Å²) in [6.45, 7) is 2.42. The van der Waals surface area contributed by atoms with Gasteiger partial charge in [-0.05, 0) is 25.2 Å². The first-order valence-electron chi connectivity index (χ1n) is 5.40. The molecule has 92 valence electrons. The van der Waals surface area contributed by atoms with Crippen LogP contribution in [0.2, 0.25) is 0 Å². The molecule has 1 unspecified atom stereocenters. The van der Waals surface area contributed by atoms with Crippen LogP contribution in [0.3, 0.4) is 0 Å². The third-order valence-corrected chi connectivity index (χ3v) is 2.37. The molecule has 0 spiro atoms. The summed E-state index contributed by atoms with van der Waals surface area (Å²) in [7, 11) is 1.79. The van der Waals surface area contributed by atoms with Crippen molar-refractivity contribution >= 4 is 17.5 Å². The van der Waals surface area contributed by atoms with E-state index in [0.717, 1.165) is 0 Å². The van der Waals surface area contributed by atoms with Crippen molar-refractivity contribution in [2.75, 3.05) is 18.9 Å². The van der Waals surface area contributed by atoms with Gasteiger partial charge in [-0.3, -0.25) is 9.59 Å². The van der Waals surface area contributed by atoms with E-state index in [2.05, 4.69) is 10.6 Å². The second-order valence-electron chi connectivity index (χ2n) is 3.89. The summed E-state index contributed by atoms with van der Waals surface area (Å²) in [5, 5.41) is 5.66. The molecule has 5 nitrogen and oxygen atoms in total. The second kappa shape index (κ2) is 6.00. The number of benzene rings is 1. The number of rotatable bonds is 5. The standard InChI is InChI=1S/C12H17N3O2/c1-8(7-14-2)12(17)15-10-5-3-4-9(6-10)11(13)16/h3-6,8,14H,7H2,1-2H3,(H2,13,16)(H,15,17). The van der Waals surface area contributed by atoms with E-state index in [0.29, 0.717) is 17.8 Å². The third kappa shape index (κ3) is 3.88. The van der Waals surface area contributed by atoms with E-state index in [1.165, 1.54) is 0 Å². The molecule has 0 fully saturated rings. The van der Waals surface area contributed by atoms with Crippen LogP contribution in [-0.4, -0.2) is 25.4 Å². The van der Waals surface area contributed by atoms with Crippen molar-refractivity contribution in [3.05, 3.63) is 29.8 Å². The Morgan fingerprint density at radius 3 is 2.71 bits per heavy atom. The number of amides is 2. The lowest BCUT2D eigenvalue weighted by atomic mass is 10.1. The lowest BCUT2D eigenvalue weighted by Crippen LogP contribution is -2.28.